The Morgan fingerprint density at radius 2 is 2.05 bits per heavy atom. The lowest BCUT2D eigenvalue weighted by Gasteiger charge is -2.08. The highest BCUT2D eigenvalue weighted by molar-refractivity contribution is 5.62. The van der Waals surface area contributed by atoms with Gasteiger partial charge in [0.15, 0.2) is 5.76 Å². The Morgan fingerprint density at radius 3 is 2.67 bits per heavy atom. The first-order valence-corrected chi connectivity index (χ1v) is 6.33. The Morgan fingerprint density at radius 1 is 1.24 bits per heavy atom. The third kappa shape index (κ3) is 2.40. The van der Waals surface area contributed by atoms with Crippen molar-refractivity contribution in [3.8, 4) is 11.5 Å². The second kappa shape index (κ2) is 4.92. The van der Waals surface area contributed by atoms with Crippen LogP contribution in [0.4, 0.5) is 13.2 Å². The highest BCUT2D eigenvalue weighted by Gasteiger charge is 2.31. The number of pyridine rings is 1. The molecule has 110 valence electrons. The van der Waals surface area contributed by atoms with Gasteiger partial charge in [-0.25, -0.2) is 4.98 Å². The largest absolute Gasteiger partial charge is 0.463 e. The van der Waals surface area contributed by atoms with Gasteiger partial charge in [-0.3, -0.25) is 0 Å². The van der Waals surface area contributed by atoms with Gasteiger partial charge in [0.2, 0.25) is 0 Å². The number of rotatable bonds is 3. The Bertz CT molecular complexity index is 760. The van der Waals surface area contributed by atoms with Gasteiger partial charge >= 0.3 is 6.18 Å². The number of nitrogens with two attached hydrogens (primary N) is 1. The molecule has 3 aromatic heterocycles. The van der Waals surface area contributed by atoms with Crippen LogP contribution in [0.1, 0.15) is 11.3 Å². The molecule has 0 fully saturated rings. The number of nitrogens with zero attached hydrogens (tertiary/aromatic N) is 2. The summed E-state index contributed by atoms with van der Waals surface area (Å²) in [5.74, 6) is 0.510. The van der Waals surface area contributed by atoms with Crippen LogP contribution in [0.25, 0.3) is 17.1 Å². The molecular weight excluding hydrogens is 283 g/mol. The number of fused-ring (bicyclic) bond motifs is 1. The van der Waals surface area contributed by atoms with Crippen LogP contribution in [0, 0.1) is 0 Å². The smallest absolute Gasteiger partial charge is 0.417 e. The van der Waals surface area contributed by atoms with Crippen molar-refractivity contribution >= 4 is 5.65 Å². The molecule has 0 radical (unpaired) electrons. The van der Waals surface area contributed by atoms with E-state index >= 15 is 0 Å². The third-order valence-electron chi connectivity index (χ3n) is 3.18. The SMILES string of the molecule is NCCc1c(-c2ccco2)nc2ccc(C(F)(F)F)cn12. The maximum absolute atomic E-state index is 12.8. The molecule has 0 aromatic carbocycles. The minimum Gasteiger partial charge on any atom is -0.463 e. The number of imidazole rings is 1. The van der Waals surface area contributed by atoms with Gasteiger partial charge in [0, 0.05) is 12.6 Å². The lowest BCUT2D eigenvalue weighted by molar-refractivity contribution is -0.137. The standard InChI is InChI=1S/C14H12F3N3O/c15-14(16,17)9-3-4-12-19-13(11-2-1-7-21-11)10(5-6-18)20(12)8-9/h1-4,7-8H,5-6,18H2. The molecule has 0 bridgehead atoms. The van der Waals surface area contributed by atoms with Gasteiger partial charge in [0.25, 0.3) is 0 Å². The third-order valence-corrected chi connectivity index (χ3v) is 3.18. The molecule has 0 spiro atoms. The second-order valence-electron chi connectivity index (χ2n) is 4.57. The van der Waals surface area contributed by atoms with Crippen molar-refractivity contribution in [1.29, 1.82) is 0 Å². The Kier molecular flexibility index (Phi) is 3.21. The molecule has 21 heavy (non-hydrogen) atoms. The summed E-state index contributed by atoms with van der Waals surface area (Å²) >= 11 is 0. The van der Waals surface area contributed by atoms with Crippen molar-refractivity contribution in [2.75, 3.05) is 6.54 Å². The van der Waals surface area contributed by atoms with Crippen LogP contribution in [0.2, 0.25) is 0 Å². The van der Waals surface area contributed by atoms with Gasteiger partial charge in [-0.2, -0.15) is 13.2 Å². The topological polar surface area (TPSA) is 56.5 Å². The zero-order valence-electron chi connectivity index (χ0n) is 10.9. The van der Waals surface area contributed by atoms with Crippen LogP contribution >= 0.6 is 0 Å². The van der Waals surface area contributed by atoms with Crippen LogP contribution < -0.4 is 5.73 Å². The van der Waals surface area contributed by atoms with Gasteiger partial charge in [-0.15, -0.1) is 0 Å². The normalized spacial score (nSPS) is 12.2. The summed E-state index contributed by atoms with van der Waals surface area (Å²) in [6, 6.07) is 5.77. The van der Waals surface area contributed by atoms with Crippen LogP contribution in [0.5, 0.6) is 0 Å². The highest BCUT2D eigenvalue weighted by atomic mass is 19.4. The Hall–Kier alpha value is -2.28. The maximum Gasteiger partial charge on any atom is 0.417 e. The molecule has 2 N–H and O–H groups in total. The van der Waals surface area contributed by atoms with Crippen LogP contribution in [0.3, 0.4) is 0 Å². The van der Waals surface area contributed by atoms with Gasteiger partial charge in [-0.05, 0) is 30.8 Å². The number of hydrogen-bond acceptors (Lipinski definition) is 3. The second-order valence-corrected chi connectivity index (χ2v) is 4.57. The van der Waals surface area contributed by atoms with Crippen LogP contribution in [-0.2, 0) is 12.6 Å². The summed E-state index contributed by atoms with van der Waals surface area (Å²) < 4.78 is 45.2. The molecule has 0 saturated carbocycles. The molecule has 7 heteroatoms. The molecule has 0 atom stereocenters. The predicted octanol–water partition coefficient (Wildman–Crippen LogP) is 3.11. The molecule has 0 amide bonds. The average molecular weight is 295 g/mol. The summed E-state index contributed by atoms with van der Waals surface area (Å²) in [7, 11) is 0. The van der Waals surface area contributed by atoms with E-state index in [4.69, 9.17) is 10.2 Å². The average Bonchev–Trinajstić information content (AvgIpc) is 3.05. The summed E-state index contributed by atoms with van der Waals surface area (Å²) in [5, 5.41) is 0. The first kappa shape index (κ1) is 13.7. The van der Waals surface area contributed by atoms with E-state index in [9.17, 15) is 13.2 Å². The number of furan rings is 1. The van der Waals surface area contributed by atoms with E-state index in [2.05, 4.69) is 4.98 Å². The van der Waals surface area contributed by atoms with Crippen molar-refractivity contribution < 1.29 is 17.6 Å². The van der Waals surface area contributed by atoms with Gasteiger partial charge in [-0.1, -0.05) is 0 Å². The zero-order valence-corrected chi connectivity index (χ0v) is 10.9. The summed E-state index contributed by atoms with van der Waals surface area (Å²) in [6.07, 6.45) is -1.46. The first-order chi connectivity index (χ1) is 10.0. The predicted molar refractivity (Wildman–Crippen MR) is 70.7 cm³/mol. The van der Waals surface area contributed by atoms with E-state index < -0.39 is 11.7 Å². The van der Waals surface area contributed by atoms with Crippen molar-refractivity contribution in [2.24, 2.45) is 5.73 Å². The molecule has 0 aliphatic carbocycles. The van der Waals surface area contributed by atoms with Crippen LogP contribution in [0.15, 0.2) is 41.1 Å². The molecule has 0 saturated heterocycles. The summed E-state index contributed by atoms with van der Waals surface area (Å²) in [5.41, 5.74) is 6.39. The number of halogens is 3. The van der Waals surface area contributed by atoms with Crippen molar-refractivity contribution in [2.45, 2.75) is 12.6 Å². The summed E-state index contributed by atoms with van der Waals surface area (Å²) in [6.45, 7) is 0.303. The van der Waals surface area contributed by atoms with Crippen molar-refractivity contribution in [3.05, 3.63) is 48.0 Å². The Labute approximate surface area is 118 Å². The van der Waals surface area contributed by atoms with E-state index in [1.54, 1.807) is 12.1 Å². The maximum atomic E-state index is 12.8. The summed E-state index contributed by atoms with van der Waals surface area (Å²) in [4.78, 5) is 4.34. The molecule has 0 unspecified atom stereocenters. The number of alkyl halides is 3. The quantitative estimate of drug-likeness (QED) is 0.807. The van der Waals surface area contributed by atoms with Crippen molar-refractivity contribution in [1.82, 2.24) is 9.38 Å². The van der Waals surface area contributed by atoms with Crippen molar-refractivity contribution in [3.63, 3.8) is 0 Å². The fraction of sp³-hybridized carbons (Fsp3) is 0.214. The molecule has 3 aromatic rings. The zero-order chi connectivity index (χ0) is 15.0. The fourth-order valence-electron chi connectivity index (χ4n) is 2.25. The van der Waals surface area contributed by atoms with E-state index in [1.165, 1.54) is 16.7 Å². The molecule has 0 aliphatic heterocycles. The molecule has 4 nitrogen and oxygen atoms in total. The Balaban J connectivity index is 2.23. The fourth-order valence-corrected chi connectivity index (χ4v) is 2.25. The minimum absolute atomic E-state index is 0.303. The highest BCUT2D eigenvalue weighted by Crippen LogP contribution is 2.31. The first-order valence-electron chi connectivity index (χ1n) is 6.33. The molecule has 3 rings (SSSR count). The number of hydrogen-bond donors (Lipinski definition) is 1. The van der Waals surface area contributed by atoms with E-state index in [-0.39, 0.29) is 0 Å². The lowest BCUT2D eigenvalue weighted by Crippen LogP contribution is -2.09. The van der Waals surface area contributed by atoms with E-state index in [0.717, 1.165) is 12.3 Å². The monoisotopic (exact) mass is 295 g/mol. The number of aromatic nitrogens is 2. The van der Waals surface area contributed by atoms with Gasteiger partial charge < -0.3 is 14.6 Å². The van der Waals surface area contributed by atoms with E-state index in [1.807, 2.05) is 0 Å². The van der Waals surface area contributed by atoms with Gasteiger partial charge in [0.05, 0.1) is 17.5 Å². The van der Waals surface area contributed by atoms with Gasteiger partial charge in [0.1, 0.15) is 11.3 Å². The lowest BCUT2D eigenvalue weighted by atomic mass is 10.2. The van der Waals surface area contributed by atoms with E-state index in [0.29, 0.717) is 35.8 Å². The minimum atomic E-state index is -4.40. The molecule has 0 aliphatic rings. The molecule has 3 heterocycles. The van der Waals surface area contributed by atoms with Crippen LogP contribution in [-0.4, -0.2) is 15.9 Å². The molecular formula is C14H12F3N3O.